The number of imidazole rings is 2. The van der Waals surface area contributed by atoms with Crippen molar-refractivity contribution in [3.8, 4) is 49.4 Å². The Labute approximate surface area is 342 Å². The highest BCUT2D eigenvalue weighted by Gasteiger charge is 2.19. The summed E-state index contributed by atoms with van der Waals surface area (Å²) in [6.07, 6.45) is 8.84. The lowest BCUT2D eigenvalue weighted by molar-refractivity contribution is 0.309. The fourth-order valence-corrected chi connectivity index (χ4v) is 9.43. The summed E-state index contributed by atoms with van der Waals surface area (Å²) in [5.74, 6) is 1.87. The minimum atomic E-state index is 0.498. The molecule has 6 aromatic heterocycles. The number of benzene rings is 3. The topological polar surface area (TPSA) is 148 Å². The van der Waals surface area contributed by atoms with Crippen LogP contribution in [-0.2, 0) is 14.1 Å². The predicted molar refractivity (Wildman–Crippen MR) is 235 cm³/mol. The molecule has 9 aromatic rings. The molecule has 0 spiro atoms. The van der Waals surface area contributed by atoms with Crippen molar-refractivity contribution >= 4 is 66.5 Å². The van der Waals surface area contributed by atoms with Gasteiger partial charge < -0.3 is 25.3 Å². The smallest absolute Gasteiger partial charge is 0.135 e. The van der Waals surface area contributed by atoms with E-state index in [1.165, 1.54) is 28.0 Å². The van der Waals surface area contributed by atoms with E-state index in [0.717, 1.165) is 89.3 Å². The van der Waals surface area contributed by atoms with Crippen LogP contribution in [0.15, 0.2) is 120 Å². The predicted octanol–water partition coefficient (Wildman–Crippen LogP) is 10.3. The Balaban J connectivity index is 0.000000161. The number of aromatic nitrogens is 8. The maximum atomic E-state index is 6.04. The number of fused-ring (bicyclic) bond motifs is 2. The summed E-state index contributed by atoms with van der Waals surface area (Å²) in [7, 11) is 4.00. The molecule has 0 saturated heterocycles. The van der Waals surface area contributed by atoms with E-state index in [4.69, 9.17) is 21.2 Å². The minimum absolute atomic E-state index is 0.498. The minimum Gasteiger partial charge on any atom is -0.494 e. The molecule has 0 amide bonds. The number of unbranched alkanes of at least 4 members (excludes halogenated alkanes) is 1. The van der Waals surface area contributed by atoms with Crippen molar-refractivity contribution in [2.24, 2.45) is 14.1 Å². The van der Waals surface area contributed by atoms with E-state index in [2.05, 4.69) is 99.4 Å². The van der Waals surface area contributed by atoms with Gasteiger partial charge in [-0.25, -0.2) is 29.9 Å². The first-order chi connectivity index (χ1) is 27.7. The Morgan fingerprint density at radius 1 is 0.649 bits per heavy atom. The highest BCUT2D eigenvalue weighted by Crippen LogP contribution is 2.41. The molecule has 0 aliphatic heterocycles. The summed E-state index contributed by atoms with van der Waals surface area (Å²) < 4.78 is 9.93. The fourth-order valence-electron chi connectivity index (χ4n) is 6.36. The summed E-state index contributed by atoms with van der Waals surface area (Å²) in [6.45, 7) is 4.98. The number of thiophene rings is 2. The molecule has 0 aliphatic rings. The third-order valence-electron chi connectivity index (χ3n) is 9.30. The zero-order valence-electron chi connectivity index (χ0n) is 31.9. The number of anilines is 2. The summed E-state index contributed by atoms with van der Waals surface area (Å²) in [5, 5.41) is 1.76. The average molecular weight is 809 g/mol. The van der Waals surface area contributed by atoms with E-state index in [-0.39, 0.29) is 0 Å². The van der Waals surface area contributed by atoms with Gasteiger partial charge in [-0.05, 0) is 61.9 Å². The van der Waals surface area contributed by atoms with Crippen molar-refractivity contribution in [2.45, 2.75) is 36.5 Å². The van der Waals surface area contributed by atoms with Gasteiger partial charge in [0.05, 0.1) is 62.6 Å². The molecular weight excluding hydrogens is 769 g/mol. The standard InChI is InChI=1S/C23H19N5S2.C20H21N5OS/c1-14-6-8-16(9-7-14)29-17-5-3-4-15(10-17)20-21(28(2)13-27-20)19-11-18-22(24)25-12-26-23(18)30-19;1-3-4-8-26-14-7-5-6-13(9-14)17-18(25(2)12-24-17)16-10-15-19(21)22-11-23-20(15)27-16/h3-13H,1-2H3,(H2,24,25,26);5-7,9-12H,3-4,8H2,1-2H3,(H2,21,22,23). The highest BCUT2D eigenvalue weighted by molar-refractivity contribution is 7.99. The van der Waals surface area contributed by atoms with Gasteiger partial charge in [-0.15, -0.1) is 22.7 Å². The lowest BCUT2D eigenvalue weighted by atomic mass is 10.1. The maximum absolute atomic E-state index is 6.04. The number of nitrogens with two attached hydrogens (primary N) is 2. The normalized spacial score (nSPS) is 11.2. The third-order valence-corrected chi connectivity index (χ3v) is 12.4. The Morgan fingerprint density at radius 2 is 1.21 bits per heavy atom. The maximum Gasteiger partial charge on any atom is 0.135 e. The molecule has 0 saturated carbocycles. The molecule has 0 unspecified atom stereocenters. The lowest BCUT2D eigenvalue weighted by Crippen LogP contribution is -1.96. The van der Waals surface area contributed by atoms with E-state index in [0.29, 0.717) is 11.6 Å². The second-order valence-electron chi connectivity index (χ2n) is 13.5. The SMILES string of the molecule is CCCCOc1cccc(-c2ncn(C)c2-c2cc3c(N)ncnc3s2)c1.Cc1ccc(Sc2cccc(-c3ncn(C)c3-c3cc4c(N)ncnc4s3)c2)cc1. The van der Waals surface area contributed by atoms with Crippen LogP contribution in [0, 0.1) is 6.92 Å². The number of nitrogen functional groups attached to an aromatic ring is 2. The van der Waals surface area contributed by atoms with Crippen molar-refractivity contribution < 1.29 is 4.74 Å². The van der Waals surface area contributed by atoms with E-state index in [1.807, 2.05) is 60.1 Å². The summed E-state index contributed by atoms with van der Waals surface area (Å²) >= 11 is 4.95. The molecule has 11 nitrogen and oxygen atoms in total. The second kappa shape index (κ2) is 16.6. The molecule has 6 heterocycles. The largest absolute Gasteiger partial charge is 0.494 e. The van der Waals surface area contributed by atoms with Crippen LogP contribution in [0.25, 0.3) is 64.1 Å². The number of ether oxygens (including phenoxy) is 1. The quantitative estimate of drug-likeness (QED) is 0.128. The van der Waals surface area contributed by atoms with Crippen molar-refractivity contribution in [1.82, 2.24) is 39.0 Å². The van der Waals surface area contributed by atoms with Crippen LogP contribution in [0.2, 0.25) is 0 Å². The molecule has 3 aromatic carbocycles. The number of nitrogens with zero attached hydrogens (tertiary/aromatic N) is 8. The summed E-state index contributed by atoms with van der Waals surface area (Å²) in [4.78, 5) is 32.5. The molecule has 14 heteroatoms. The van der Waals surface area contributed by atoms with Crippen molar-refractivity contribution in [3.05, 3.63) is 116 Å². The summed E-state index contributed by atoms with van der Waals surface area (Å²) in [5.41, 5.74) is 19.4. The molecule has 0 aliphatic carbocycles. The van der Waals surface area contributed by atoms with Crippen LogP contribution in [0.4, 0.5) is 11.6 Å². The number of aryl methyl sites for hydroxylation is 3. The Hall–Kier alpha value is -6.09. The van der Waals surface area contributed by atoms with Crippen molar-refractivity contribution in [1.29, 1.82) is 0 Å². The van der Waals surface area contributed by atoms with Crippen LogP contribution in [-0.4, -0.2) is 45.6 Å². The van der Waals surface area contributed by atoms with E-state index in [1.54, 1.807) is 34.4 Å². The first-order valence-corrected chi connectivity index (χ1v) is 20.8. The van der Waals surface area contributed by atoms with Gasteiger partial charge in [0, 0.05) is 35.0 Å². The molecule has 0 radical (unpaired) electrons. The van der Waals surface area contributed by atoms with Gasteiger partial charge in [0.25, 0.3) is 0 Å². The average Bonchev–Trinajstić information content (AvgIpc) is 4.02. The molecule has 286 valence electrons. The van der Waals surface area contributed by atoms with Gasteiger partial charge in [0.15, 0.2) is 0 Å². The zero-order valence-corrected chi connectivity index (χ0v) is 34.3. The molecule has 9 rings (SSSR count). The van der Waals surface area contributed by atoms with Crippen LogP contribution in [0.3, 0.4) is 0 Å². The molecular formula is C43H40N10OS3. The van der Waals surface area contributed by atoms with Gasteiger partial charge >= 0.3 is 0 Å². The van der Waals surface area contributed by atoms with E-state index >= 15 is 0 Å². The van der Waals surface area contributed by atoms with E-state index in [9.17, 15) is 0 Å². The van der Waals surface area contributed by atoms with Gasteiger partial charge in [-0.1, -0.05) is 67.1 Å². The zero-order chi connectivity index (χ0) is 39.5. The van der Waals surface area contributed by atoms with Crippen LogP contribution in [0.5, 0.6) is 5.75 Å². The first kappa shape index (κ1) is 37.8. The lowest BCUT2D eigenvalue weighted by Gasteiger charge is -2.08. The van der Waals surface area contributed by atoms with Crippen molar-refractivity contribution in [2.75, 3.05) is 18.1 Å². The molecule has 0 atom stereocenters. The number of hydrogen-bond donors (Lipinski definition) is 2. The van der Waals surface area contributed by atoms with Gasteiger partial charge in [0.2, 0.25) is 0 Å². The molecule has 57 heavy (non-hydrogen) atoms. The fraction of sp³-hybridized carbons (Fsp3) is 0.163. The number of rotatable bonds is 10. The van der Waals surface area contributed by atoms with Gasteiger partial charge in [-0.2, -0.15) is 0 Å². The highest BCUT2D eigenvalue weighted by atomic mass is 32.2. The first-order valence-electron chi connectivity index (χ1n) is 18.4. The van der Waals surface area contributed by atoms with Crippen molar-refractivity contribution in [3.63, 3.8) is 0 Å². The monoisotopic (exact) mass is 808 g/mol. The number of hydrogen-bond acceptors (Lipinski definition) is 12. The van der Waals surface area contributed by atoms with Crippen LogP contribution >= 0.6 is 34.4 Å². The van der Waals surface area contributed by atoms with Gasteiger partial charge in [0.1, 0.15) is 39.7 Å². The molecule has 0 fully saturated rings. The van der Waals surface area contributed by atoms with Crippen LogP contribution in [0.1, 0.15) is 25.3 Å². The Bertz CT molecular complexity index is 2820. The Morgan fingerprint density at radius 3 is 1.77 bits per heavy atom. The molecule has 0 bridgehead atoms. The Kier molecular flexibility index (Phi) is 11.0. The van der Waals surface area contributed by atoms with Gasteiger partial charge in [-0.3, -0.25) is 0 Å². The third kappa shape index (κ3) is 8.10. The summed E-state index contributed by atoms with van der Waals surface area (Å²) in [6, 6.07) is 29.3. The van der Waals surface area contributed by atoms with Crippen LogP contribution < -0.4 is 16.2 Å². The van der Waals surface area contributed by atoms with E-state index < -0.39 is 0 Å². The second-order valence-corrected chi connectivity index (χ2v) is 16.7. The molecule has 4 N–H and O–H groups in total.